The Morgan fingerprint density at radius 1 is 1.69 bits per heavy atom. The molecule has 5 heteroatoms. The van der Waals surface area contributed by atoms with Crippen molar-refractivity contribution in [3.8, 4) is 0 Å². The Morgan fingerprint density at radius 3 is 2.88 bits per heavy atom. The molecular weight excluding hydrogens is 222 g/mol. The van der Waals surface area contributed by atoms with Crippen molar-refractivity contribution in [2.24, 2.45) is 11.1 Å². The van der Waals surface area contributed by atoms with Crippen molar-refractivity contribution in [1.29, 1.82) is 0 Å². The van der Waals surface area contributed by atoms with Gasteiger partial charge in [-0.2, -0.15) is 0 Å². The van der Waals surface area contributed by atoms with E-state index in [1.54, 1.807) is 21.7 Å². The Hall–Kier alpha value is -0.940. The van der Waals surface area contributed by atoms with Gasteiger partial charge in [0.1, 0.15) is 0 Å². The highest BCUT2D eigenvalue weighted by Gasteiger charge is 2.44. The highest BCUT2D eigenvalue weighted by molar-refractivity contribution is 7.07. The molecule has 0 aliphatic heterocycles. The van der Waals surface area contributed by atoms with Crippen LogP contribution in [0.15, 0.2) is 10.9 Å². The van der Waals surface area contributed by atoms with Gasteiger partial charge in [-0.15, -0.1) is 11.3 Å². The average molecular weight is 239 g/mol. The largest absolute Gasteiger partial charge is 0.339 e. The summed E-state index contributed by atoms with van der Waals surface area (Å²) in [4.78, 5) is 18.2. The van der Waals surface area contributed by atoms with E-state index in [4.69, 9.17) is 5.73 Å². The fraction of sp³-hybridized carbons (Fsp3) is 0.636. The molecule has 0 radical (unpaired) electrons. The van der Waals surface area contributed by atoms with Gasteiger partial charge in [-0.05, 0) is 12.8 Å². The smallest absolute Gasteiger partial charge is 0.230 e. The molecule has 1 heterocycles. The Kier molecular flexibility index (Phi) is 3.25. The van der Waals surface area contributed by atoms with E-state index in [1.165, 1.54) is 0 Å². The van der Waals surface area contributed by atoms with Gasteiger partial charge in [0.2, 0.25) is 5.91 Å². The summed E-state index contributed by atoms with van der Waals surface area (Å²) in [6.07, 6.45) is 2.99. The van der Waals surface area contributed by atoms with E-state index in [0.29, 0.717) is 13.1 Å². The van der Waals surface area contributed by atoms with Gasteiger partial charge in [0.05, 0.1) is 23.2 Å². The molecule has 0 unspecified atom stereocenters. The van der Waals surface area contributed by atoms with E-state index < -0.39 is 0 Å². The molecule has 0 bridgehead atoms. The normalized spacial score (nSPS) is 17.9. The monoisotopic (exact) mass is 239 g/mol. The van der Waals surface area contributed by atoms with Crippen LogP contribution in [0.25, 0.3) is 0 Å². The lowest BCUT2D eigenvalue weighted by Gasteiger charge is -2.41. The highest BCUT2D eigenvalue weighted by atomic mass is 32.1. The number of carbonyl (C=O) groups is 1. The van der Waals surface area contributed by atoms with Gasteiger partial charge in [0.15, 0.2) is 0 Å². The summed E-state index contributed by atoms with van der Waals surface area (Å²) in [5, 5.41) is 1.97. The van der Waals surface area contributed by atoms with Gasteiger partial charge < -0.3 is 10.6 Å². The van der Waals surface area contributed by atoms with Crippen LogP contribution in [0.1, 0.15) is 25.0 Å². The molecule has 1 amide bonds. The highest BCUT2D eigenvalue weighted by Crippen LogP contribution is 2.41. The van der Waals surface area contributed by atoms with Gasteiger partial charge in [0, 0.05) is 19.0 Å². The number of nitrogens with two attached hydrogens (primary N) is 1. The van der Waals surface area contributed by atoms with Crippen LogP contribution in [0.3, 0.4) is 0 Å². The molecule has 88 valence electrons. The minimum atomic E-state index is -0.273. The van der Waals surface area contributed by atoms with Gasteiger partial charge >= 0.3 is 0 Å². The first-order chi connectivity index (χ1) is 7.68. The van der Waals surface area contributed by atoms with E-state index in [-0.39, 0.29) is 11.3 Å². The number of hydrogen-bond acceptors (Lipinski definition) is 4. The van der Waals surface area contributed by atoms with Crippen molar-refractivity contribution < 1.29 is 4.79 Å². The first-order valence-electron chi connectivity index (χ1n) is 5.51. The van der Waals surface area contributed by atoms with Gasteiger partial charge in [-0.3, -0.25) is 4.79 Å². The molecule has 2 N–H and O–H groups in total. The average Bonchev–Trinajstić information content (AvgIpc) is 2.69. The minimum Gasteiger partial charge on any atom is -0.339 e. The Labute approximate surface area is 99.5 Å². The van der Waals surface area contributed by atoms with E-state index in [0.717, 1.165) is 25.0 Å². The van der Waals surface area contributed by atoms with E-state index in [2.05, 4.69) is 4.98 Å². The summed E-state index contributed by atoms with van der Waals surface area (Å²) in [5.41, 5.74) is 8.19. The van der Waals surface area contributed by atoms with Crippen LogP contribution in [0.5, 0.6) is 0 Å². The third-order valence-electron chi connectivity index (χ3n) is 3.38. The predicted octanol–water partition coefficient (Wildman–Crippen LogP) is 1.23. The lowest BCUT2D eigenvalue weighted by molar-refractivity contribution is -0.145. The Morgan fingerprint density at radius 2 is 2.44 bits per heavy atom. The van der Waals surface area contributed by atoms with Crippen molar-refractivity contribution in [3.05, 3.63) is 16.6 Å². The Balaban J connectivity index is 1.99. The summed E-state index contributed by atoms with van der Waals surface area (Å²) >= 11 is 1.55. The second-order valence-corrected chi connectivity index (χ2v) is 5.20. The molecule has 1 aromatic heterocycles. The topological polar surface area (TPSA) is 59.2 Å². The Bertz CT molecular complexity index is 354. The maximum atomic E-state index is 12.2. The summed E-state index contributed by atoms with van der Waals surface area (Å²) < 4.78 is 0. The number of nitrogens with zero attached hydrogens (tertiary/aromatic N) is 2. The van der Waals surface area contributed by atoms with Crippen LogP contribution >= 0.6 is 11.3 Å². The molecule has 1 saturated carbocycles. The second-order valence-electron chi connectivity index (χ2n) is 4.48. The molecule has 1 aliphatic carbocycles. The first kappa shape index (κ1) is 11.5. The van der Waals surface area contributed by atoms with Crippen molar-refractivity contribution in [3.63, 3.8) is 0 Å². The molecule has 1 aromatic rings. The van der Waals surface area contributed by atoms with E-state index in [1.807, 2.05) is 12.4 Å². The third kappa shape index (κ3) is 1.97. The lowest BCUT2D eigenvalue weighted by Crippen LogP contribution is -2.50. The summed E-state index contributed by atoms with van der Waals surface area (Å²) in [6.45, 7) is 1.05. The fourth-order valence-corrected chi connectivity index (χ4v) is 2.69. The van der Waals surface area contributed by atoms with Crippen LogP contribution in [-0.4, -0.2) is 29.4 Å². The van der Waals surface area contributed by atoms with Crippen molar-refractivity contribution in [2.75, 3.05) is 13.6 Å². The molecule has 2 rings (SSSR count). The van der Waals surface area contributed by atoms with Crippen LogP contribution in [0.2, 0.25) is 0 Å². The molecule has 0 spiro atoms. The number of rotatable bonds is 4. The molecule has 4 nitrogen and oxygen atoms in total. The van der Waals surface area contributed by atoms with Crippen LogP contribution in [-0.2, 0) is 11.3 Å². The summed E-state index contributed by atoms with van der Waals surface area (Å²) in [6, 6.07) is 0. The van der Waals surface area contributed by atoms with Gasteiger partial charge in [-0.25, -0.2) is 4.98 Å². The van der Waals surface area contributed by atoms with Crippen LogP contribution < -0.4 is 5.73 Å². The maximum Gasteiger partial charge on any atom is 0.230 e. The van der Waals surface area contributed by atoms with Crippen molar-refractivity contribution >= 4 is 17.2 Å². The second kappa shape index (κ2) is 4.51. The lowest BCUT2D eigenvalue weighted by atomic mass is 9.68. The van der Waals surface area contributed by atoms with Crippen LogP contribution in [0, 0.1) is 5.41 Å². The quantitative estimate of drug-likeness (QED) is 0.859. The SMILES string of the molecule is CN(Cc1cscn1)C(=O)C1(CN)CCC1. The molecule has 0 saturated heterocycles. The van der Waals surface area contributed by atoms with Crippen molar-refractivity contribution in [1.82, 2.24) is 9.88 Å². The maximum absolute atomic E-state index is 12.2. The van der Waals surface area contributed by atoms with Gasteiger partial charge in [0.25, 0.3) is 0 Å². The summed E-state index contributed by atoms with van der Waals surface area (Å²) in [7, 11) is 1.83. The third-order valence-corrected chi connectivity index (χ3v) is 4.02. The van der Waals surface area contributed by atoms with E-state index >= 15 is 0 Å². The van der Waals surface area contributed by atoms with Crippen molar-refractivity contribution in [2.45, 2.75) is 25.8 Å². The molecule has 1 fully saturated rings. The number of amides is 1. The number of thiazole rings is 1. The molecule has 1 aliphatic rings. The zero-order valence-corrected chi connectivity index (χ0v) is 10.3. The zero-order valence-electron chi connectivity index (χ0n) is 9.48. The minimum absolute atomic E-state index is 0.175. The number of aromatic nitrogens is 1. The molecular formula is C11H17N3OS. The molecule has 0 aromatic carbocycles. The van der Waals surface area contributed by atoms with Crippen LogP contribution in [0.4, 0.5) is 0 Å². The number of carbonyl (C=O) groups excluding carboxylic acids is 1. The molecule has 16 heavy (non-hydrogen) atoms. The summed E-state index contributed by atoms with van der Waals surface area (Å²) in [5.74, 6) is 0.175. The standard InChI is InChI=1S/C11H17N3OS/c1-14(5-9-6-16-8-13-9)10(15)11(7-12)3-2-4-11/h6,8H,2-5,7,12H2,1H3. The fourth-order valence-electron chi connectivity index (χ4n) is 2.14. The number of hydrogen-bond donors (Lipinski definition) is 1. The molecule has 0 atom stereocenters. The van der Waals surface area contributed by atoms with Gasteiger partial charge in [-0.1, -0.05) is 6.42 Å². The first-order valence-corrected chi connectivity index (χ1v) is 6.45. The zero-order chi connectivity index (χ0) is 11.6. The predicted molar refractivity (Wildman–Crippen MR) is 63.9 cm³/mol. The van der Waals surface area contributed by atoms with E-state index in [9.17, 15) is 4.79 Å².